The van der Waals surface area contributed by atoms with Crippen LogP contribution >= 0.6 is 11.6 Å². The maximum atomic E-state index is 5.94. The summed E-state index contributed by atoms with van der Waals surface area (Å²) in [5, 5.41) is 7.82. The van der Waals surface area contributed by atoms with Gasteiger partial charge in [-0.1, -0.05) is 35.9 Å². The van der Waals surface area contributed by atoms with E-state index in [4.69, 9.17) is 11.6 Å². The van der Waals surface area contributed by atoms with E-state index in [9.17, 15) is 0 Å². The van der Waals surface area contributed by atoms with Gasteiger partial charge in [0.2, 0.25) is 0 Å². The fourth-order valence-electron chi connectivity index (χ4n) is 2.17. The molecular formula is C16H14ClN3. The number of aromatic nitrogens is 3. The van der Waals surface area contributed by atoms with E-state index in [1.807, 2.05) is 37.3 Å². The predicted octanol–water partition coefficient (Wildman–Crippen LogP) is 4.41. The summed E-state index contributed by atoms with van der Waals surface area (Å²) in [4.78, 5) is 4.37. The van der Waals surface area contributed by atoms with Crippen molar-refractivity contribution in [1.82, 2.24) is 15.2 Å². The molecule has 3 nitrogen and oxygen atoms in total. The second kappa shape index (κ2) is 5.10. The van der Waals surface area contributed by atoms with Crippen molar-refractivity contribution in [2.24, 2.45) is 0 Å². The maximum Gasteiger partial charge on any atom is 0.181 e. The van der Waals surface area contributed by atoms with E-state index in [1.54, 1.807) is 0 Å². The topological polar surface area (TPSA) is 41.6 Å². The van der Waals surface area contributed by atoms with Crippen LogP contribution in [0.15, 0.2) is 42.5 Å². The molecule has 4 heteroatoms. The largest absolute Gasteiger partial charge is 0.263 e. The summed E-state index contributed by atoms with van der Waals surface area (Å²) in [6.45, 7) is 3.99. The Bertz CT molecular complexity index is 745. The third-order valence-electron chi connectivity index (χ3n) is 3.25. The smallest absolute Gasteiger partial charge is 0.181 e. The highest BCUT2D eigenvalue weighted by atomic mass is 35.5. The molecule has 0 unspecified atom stereocenters. The van der Waals surface area contributed by atoms with Crippen molar-refractivity contribution in [3.8, 4) is 22.5 Å². The van der Waals surface area contributed by atoms with Crippen molar-refractivity contribution in [1.29, 1.82) is 0 Å². The predicted molar refractivity (Wildman–Crippen MR) is 81.7 cm³/mol. The summed E-state index contributed by atoms with van der Waals surface area (Å²) < 4.78 is 0. The Kier molecular flexibility index (Phi) is 3.28. The zero-order valence-corrected chi connectivity index (χ0v) is 12.1. The summed E-state index contributed by atoms with van der Waals surface area (Å²) in [6, 6.07) is 14.1. The number of nitrogens with zero attached hydrogens (tertiary/aromatic N) is 2. The van der Waals surface area contributed by atoms with E-state index < -0.39 is 0 Å². The van der Waals surface area contributed by atoms with Crippen LogP contribution in [0.25, 0.3) is 22.5 Å². The highest BCUT2D eigenvalue weighted by Gasteiger charge is 2.08. The second-order valence-electron chi connectivity index (χ2n) is 4.78. The van der Waals surface area contributed by atoms with Gasteiger partial charge in [-0.25, -0.2) is 4.98 Å². The van der Waals surface area contributed by atoms with Crippen molar-refractivity contribution in [3.63, 3.8) is 0 Å². The third kappa shape index (κ3) is 2.45. The van der Waals surface area contributed by atoms with Crippen LogP contribution in [-0.2, 0) is 0 Å². The van der Waals surface area contributed by atoms with E-state index in [-0.39, 0.29) is 0 Å². The highest BCUT2D eigenvalue weighted by Crippen LogP contribution is 2.28. The molecule has 1 heterocycles. The Labute approximate surface area is 122 Å². The standard InChI is InChI=1S/C16H14ClN3/c1-10-3-4-13(16-18-11(2)19-20-16)9-15(10)12-5-7-14(17)8-6-12/h3-9H,1-2H3,(H,18,19,20). The van der Waals surface area contributed by atoms with E-state index in [0.29, 0.717) is 0 Å². The molecule has 1 N–H and O–H groups in total. The quantitative estimate of drug-likeness (QED) is 0.757. The van der Waals surface area contributed by atoms with Crippen molar-refractivity contribution in [3.05, 3.63) is 58.9 Å². The molecule has 0 aliphatic rings. The lowest BCUT2D eigenvalue weighted by atomic mass is 9.98. The summed E-state index contributed by atoms with van der Waals surface area (Å²) in [6.07, 6.45) is 0. The Balaban J connectivity index is 2.09. The molecule has 20 heavy (non-hydrogen) atoms. The molecule has 3 rings (SSSR count). The molecule has 0 saturated carbocycles. The minimum atomic E-state index is 0.720. The number of benzene rings is 2. The van der Waals surface area contributed by atoms with E-state index in [0.717, 1.165) is 27.8 Å². The van der Waals surface area contributed by atoms with Crippen molar-refractivity contribution >= 4 is 11.6 Å². The Morgan fingerprint density at radius 3 is 2.30 bits per heavy atom. The maximum absolute atomic E-state index is 5.94. The Hall–Kier alpha value is -2.13. The molecule has 0 bridgehead atoms. The molecule has 0 saturated heterocycles. The van der Waals surface area contributed by atoms with Gasteiger partial charge in [0.1, 0.15) is 5.82 Å². The summed E-state index contributed by atoms with van der Waals surface area (Å²) in [5.41, 5.74) is 4.52. The minimum absolute atomic E-state index is 0.720. The molecule has 0 radical (unpaired) electrons. The number of hydrogen-bond acceptors (Lipinski definition) is 2. The lowest BCUT2D eigenvalue weighted by molar-refractivity contribution is 1.04. The third-order valence-corrected chi connectivity index (χ3v) is 3.50. The van der Waals surface area contributed by atoms with E-state index in [2.05, 4.69) is 34.2 Å². The first-order valence-corrected chi connectivity index (χ1v) is 6.77. The molecule has 1 aromatic heterocycles. The average Bonchev–Trinajstić information content (AvgIpc) is 2.87. The zero-order valence-electron chi connectivity index (χ0n) is 11.3. The molecule has 0 fully saturated rings. The minimum Gasteiger partial charge on any atom is -0.263 e. The number of halogens is 1. The van der Waals surface area contributed by atoms with Gasteiger partial charge in [0.25, 0.3) is 0 Å². The normalized spacial score (nSPS) is 10.8. The van der Waals surface area contributed by atoms with Crippen LogP contribution in [0.1, 0.15) is 11.4 Å². The average molecular weight is 284 g/mol. The molecular weight excluding hydrogens is 270 g/mol. The van der Waals surface area contributed by atoms with Gasteiger partial charge in [-0.2, -0.15) is 5.10 Å². The van der Waals surface area contributed by atoms with Gasteiger partial charge >= 0.3 is 0 Å². The molecule has 2 aromatic carbocycles. The number of hydrogen-bond donors (Lipinski definition) is 1. The van der Waals surface area contributed by atoms with Gasteiger partial charge in [0.15, 0.2) is 5.82 Å². The van der Waals surface area contributed by atoms with Crippen LogP contribution in [0.2, 0.25) is 5.02 Å². The van der Waals surface area contributed by atoms with E-state index in [1.165, 1.54) is 11.1 Å². The van der Waals surface area contributed by atoms with E-state index >= 15 is 0 Å². The van der Waals surface area contributed by atoms with Gasteiger partial charge in [-0.05, 0) is 48.7 Å². The van der Waals surface area contributed by atoms with Crippen LogP contribution < -0.4 is 0 Å². The first kappa shape index (κ1) is 12.9. The molecule has 0 aliphatic carbocycles. The fourth-order valence-corrected chi connectivity index (χ4v) is 2.30. The number of rotatable bonds is 2. The number of aromatic amines is 1. The first-order valence-electron chi connectivity index (χ1n) is 6.39. The van der Waals surface area contributed by atoms with Gasteiger partial charge in [0, 0.05) is 10.6 Å². The number of H-pyrrole nitrogens is 1. The lowest BCUT2D eigenvalue weighted by Crippen LogP contribution is -1.87. The molecule has 0 spiro atoms. The van der Waals surface area contributed by atoms with Crippen LogP contribution in [0.5, 0.6) is 0 Å². The number of nitrogens with one attached hydrogen (secondary N) is 1. The Morgan fingerprint density at radius 1 is 0.950 bits per heavy atom. The second-order valence-corrected chi connectivity index (χ2v) is 5.22. The summed E-state index contributed by atoms with van der Waals surface area (Å²) in [7, 11) is 0. The molecule has 0 atom stereocenters. The summed E-state index contributed by atoms with van der Waals surface area (Å²) in [5.74, 6) is 1.53. The zero-order chi connectivity index (χ0) is 14.1. The number of aryl methyl sites for hydroxylation is 2. The fraction of sp³-hybridized carbons (Fsp3) is 0.125. The van der Waals surface area contributed by atoms with Gasteiger partial charge in [-0.3, -0.25) is 5.10 Å². The van der Waals surface area contributed by atoms with Gasteiger partial charge in [0.05, 0.1) is 0 Å². The summed E-state index contributed by atoms with van der Waals surface area (Å²) >= 11 is 5.94. The van der Waals surface area contributed by atoms with Crippen molar-refractivity contribution < 1.29 is 0 Å². The van der Waals surface area contributed by atoms with Crippen LogP contribution in [-0.4, -0.2) is 15.2 Å². The van der Waals surface area contributed by atoms with Gasteiger partial charge < -0.3 is 0 Å². The molecule has 3 aromatic rings. The molecule has 0 amide bonds. The molecule has 100 valence electrons. The van der Waals surface area contributed by atoms with Crippen molar-refractivity contribution in [2.75, 3.05) is 0 Å². The van der Waals surface area contributed by atoms with Crippen LogP contribution in [0.3, 0.4) is 0 Å². The SMILES string of the molecule is Cc1nc(-c2ccc(C)c(-c3ccc(Cl)cc3)c2)n[nH]1. The van der Waals surface area contributed by atoms with Gasteiger partial charge in [-0.15, -0.1) is 0 Å². The van der Waals surface area contributed by atoms with Crippen LogP contribution in [0.4, 0.5) is 0 Å². The highest BCUT2D eigenvalue weighted by molar-refractivity contribution is 6.30. The lowest BCUT2D eigenvalue weighted by Gasteiger charge is -2.08. The monoisotopic (exact) mass is 283 g/mol. The van der Waals surface area contributed by atoms with Crippen molar-refractivity contribution in [2.45, 2.75) is 13.8 Å². The van der Waals surface area contributed by atoms with Crippen LogP contribution in [0, 0.1) is 13.8 Å². The Morgan fingerprint density at radius 2 is 1.65 bits per heavy atom. The molecule has 0 aliphatic heterocycles. The first-order chi connectivity index (χ1) is 9.63.